The maximum Gasteiger partial charge on any atom is 0.343 e. The number of ether oxygens (including phenoxy) is 1. The van der Waals surface area contributed by atoms with Crippen molar-refractivity contribution in [1.29, 1.82) is 0 Å². The number of nitrogens with zero attached hydrogens (tertiary/aromatic N) is 2. The lowest BCUT2D eigenvalue weighted by Gasteiger charge is -2.29. The number of hydrogen-bond acceptors (Lipinski definition) is 6. The molecule has 2 amide bonds. The van der Waals surface area contributed by atoms with E-state index in [2.05, 4.69) is 0 Å². The van der Waals surface area contributed by atoms with E-state index in [4.69, 9.17) is 21.2 Å². The van der Waals surface area contributed by atoms with Crippen molar-refractivity contribution in [3.8, 4) is 5.75 Å². The average Bonchev–Trinajstić information content (AvgIpc) is 3.46. The largest absolute Gasteiger partial charge is 0.423 e. The van der Waals surface area contributed by atoms with Gasteiger partial charge in [0.2, 0.25) is 5.91 Å². The second kappa shape index (κ2) is 9.98. The highest BCUT2D eigenvalue weighted by Crippen LogP contribution is 2.48. The Morgan fingerprint density at radius 2 is 1.44 bits per heavy atom. The molecule has 0 bridgehead atoms. The van der Waals surface area contributed by atoms with Gasteiger partial charge in [0.25, 0.3) is 5.91 Å². The smallest absolute Gasteiger partial charge is 0.343 e. The van der Waals surface area contributed by atoms with Gasteiger partial charge in [-0.05, 0) is 78.4 Å². The molecule has 194 valence electrons. The van der Waals surface area contributed by atoms with E-state index >= 15 is 0 Å². The molecule has 6 rings (SSSR count). The SMILES string of the molecule is O=C(Oc1ccc(C2C3C(=O)N(c4ccc(F)cc4)C(=O)C3ON2c2ccc(Cl)cc2)cc1)c1ccccc1. The zero-order valence-corrected chi connectivity index (χ0v) is 21.0. The molecule has 2 fully saturated rings. The van der Waals surface area contributed by atoms with Crippen molar-refractivity contribution < 1.29 is 28.3 Å². The third-order valence-electron chi connectivity index (χ3n) is 6.72. The van der Waals surface area contributed by atoms with Gasteiger partial charge >= 0.3 is 5.97 Å². The van der Waals surface area contributed by atoms with Crippen molar-refractivity contribution in [2.75, 3.05) is 9.96 Å². The topological polar surface area (TPSA) is 76.2 Å². The van der Waals surface area contributed by atoms with Crippen LogP contribution >= 0.6 is 11.6 Å². The van der Waals surface area contributed by atoms with Crippen molar-refractivity contribution in [2.24, 2.45) is 5.92 Å². The monoisotopic (exact) mass is 542 g/mol. The van der Waals surface area contributed by atoms with Crippen LogP contribution in [0.15, 0.2) is 103 Å². The number of hydrogen-bond donors (Lipinski definition) is 0. The Labute approximate surface area is 227 Å². The number of imide groups is 1. The van der Waals surface area contributed by atoms with Gasteiger partial charge in [-0.25, -0.2) is 19.1 Å². The van der Waals surface area contributed by atoms with E-state index in [0.29, 0.717) is 27.6 Å². The van der Waals surface area contributed by atoms with Crippen molar-refractivity contribution in [3.05, 3.63) is 125 Å². The maximum atomic E-state index is 13.7. The van der Waals surface area contributed by atoms with Gasteiger partial charge in [-0.1, -0.05) is 41.9 Å². The van der Waals surface area contributed by atoms with Gasteiger partial charge in [-0.3, -0.25) is 14.4 Å². The van der Waals surface area contributed by atoms with E-state index in [-0.39, 0.29) is 5.69 Å². The predicted molar refractivity (Wildman–Crippen MR) is 142 cm³/mol. The predicted octanol–water partition coefficient (Wildman–Crippen LogP) is 5.75. The normalized spacial score (nSPS) is 20.3. The summed E-state index contributed by atoms with van der Waals surface area (Å²) in [5, 5.41) is 2.06. The quantitative estimate of drug-likeness (QED) is 0.182. The Kier molecular flexibility index (Phi) is 6.34. The molecule has 2 saturated heterocycles. The van der Waals surface area contributed by atoms with Crippen LogP contribution in [0.25, 0.3) is 0 Å². The van der Waals surface area contributed by atoms with E-state index in [0.717, 1.165) is 4.90 Å². The molecule has 2 aliphatic heterocycles. The molecule has 9 heteroatoms. The summed E-state index contributed by atoms with van der Waals surface area (Å²) in [6.07, 6.45) is -1.08. The number of esters is 1. The first kappa shape index (κ1) is 24.8. The highest BCUT2D eigenvalue weighted by Gasteiger charge is 2.60. The van der Waals surface area contributed by atoms with Gasteiger partial charge in [0, 0.05) is 5.02 Å². The molecule has 3 atom stereocenters. The van der Waals surface area contributed by atoms with Crippen LogP contribution in [0.3, 0.4) is 0 Å². The number of rotatable bonds is 5. The fourth-order valence-electron chi connectivity index (χ4n) is 4.88. The Morgan fingerprint density at radius 1 is 0.795 bits per heavy atom. The highest BCUT2D eigenvalue weighted by molar-refractivity contribution is 6.30. The number of carbonyl (C=O) groups is 3. The van der Waals surface area contributed by atoms with Crippen LogP contribution in [0, 0.1) is 11.7 Å². The number of anilines is 2. The van der Waals surface area contributed by atoms with E-state index in [1.165, 1.54) is 29.3 Å². The standard InChI is InChI=1S/C30H20ClFN2O5/c31-20-8-12-23(13-9-20)34-26(18-6-16-24(17-7-18)38-30(37)19-4-2-1-3-5-19)25-27(39-34)29(36)33(28(25)35)22-14-10-21(32)11-15-22/h1-17,25-27H. The van der Waals surface area contributed by atoms with Crippen molar-refractivity contribution in [2.45, 2.75) is 12.1 Å². The summed E-state index contributed by atoms with van der Waals surface area (Å²) in [6, 6.07) is 26.6. The first-order chi connectivity index (χ1) is 18.9. The maximum absolute atomic E-state index is 13.7. The Morgan fingerprint density at radius 3 is 2.10 bits per heavy atom. The third kappa shape index (κ3) is 4.54. The number of amides is 2. The van der Waals surface area contributed by atoms with Gasteiger partial charge in [0.05, 0.1) is 23.0 Å². The molecule has 0 radical (unpaired) electrons. The Balaban J connectivity index is 1.33. The fourth-order valence-corrected chi connectivity index (χ4v) is 5.01. The number of carbonyl (C=O) groups excluding carboxylic acids is 3. The summed E-state index contributed by atoms with van der Waals surface area (Å²) in [6.45, 7) is 0. The lowest BCUT2D eigenvalue weighted by Crippen LogP contribution is -2.37. The molecule has 0 N–H and O–H groups in total. The summed E-state index contributed by atoms with van der Waals surface area (Å²) in [4.78, 5) is 46.7. The van der Waals surface area contributed by atoms with Crippen molar-refractivity contribution >= 4 is 40.8 Å². The van der Waals surface area contributed by atoms with Crippen LogP contribution in [0.5, 0.6) is 5.75 Å². The number of halogens is 2. The van der Waals surface area contributed by atoms with E-state index in [9.17, 15) is 18.8 Å². The molecule has 3 unspecified atom stereocenters. The molecule has 0 aromatic heterocycles. The van der Waals surface area contributed by atoms with Crippen LogP contribution in [-0.4, -0.2) is 23.9 Å². The molecule has 0 spiro atoms. The molecule has 2 aliphatic rings. The summed E-state index contributed by atoms with van der Waals surface area (Å²) < 4.78 is 19.0. The highest BCUT2D eigenvalue weighted by atomic mass is 35.5. The minimum Gasteiger partial charge on any atom is -0.423 e. The van der Waals surface area contributed by atoms with Gasteiger partial charge in [-0.2, -0.15) is 0 Å². The van der Waals surface area contributed by atoms with Crippen LogP contribution in [0.1, 0.15) is 22.0 Å². The van der Waals surface area contributed by atoms with Crippen molar-refractivity contribution in [3.63, 3.8) is 0 Å². The zero-order valence-electron chi connectivity index (χ0n) is 20.2. The number of fused-ring (bicyclic) bond motifs is 1. The lowest BCUT2D eigenvalue weighted by atomic mass is 9.90. The molecule has 39 heavy (non-hydrogen) atoms. The first-order valence-electron chi connectivity index (χ1n) is 12.1. The van der Waals surface area contributed by atoms with Crippen molar-refractivity contribution in [1.82, 2.24) is 0 Å². The van der Waals surface area contributed by atoms with Gasteiger partial charge in [-0.15, -0.1) is 0 Å². The van der Waals surface area contributed by atoms with Crippen LogP contribution in [0.2, 0.25) is 5.02 Å². The van der Waals surface area contributed by atoms with E-state index < -0.39 is 41.7 Å². The summed E-state index contributed by atoms with van der Waals surface area (Å²) >= 11 is 6.07. The average molecular weight is 543 g/mol. The molecule has 0 saturated carbocycles. The first-order valence-corrected chi connectivity index (χ1v) is 12.5. The second-order valence-electron chi connectivity index (χ2n) is 9.11. The lowest BCUT2D eigenvalue weighted by molar-refractivity contribution is -0.126. The molecule has 4 aromatic carbocycles. The molecule has 2 heterocycles. The van der Waals surface area contributed by atoms with Gasteiger partial charge in [0.15, 0.2) is 6.10 Å². The molecular formula is C30H20ClFN2O5. The zero-order chi connectivity index (χ0) is 27.1. The van der Waals surface area contributed by atoms with Crippen LogP contribution in [-0.2, 0) is 14.4 Å². The number of benzene rings is 4. The Bertz CT molecular complexity index is 1550. The second-order valence-corrected chi connectivity index (χ2v) is 9.55. The van der Waals surface area contributed by atoms with Crippen LogP contribution in [0.4, 0.5) is 15.8 Å². The molecule has 7 nitrogen and oxygen atoms in total. The molecule has 4 aromatic rings. The van der Waals surface area contributed by atoms with Crippen LogP contribution < -0.4 is 14.7 Å². The molecular weight excluding hydrogens is 523 g/mol. The summed E-state index contributed by atoms with van der Waals surface area (Å²) in [7, 11) is 0. The Hall–Kier alpha value is -4.53. The van der Waals surface area contributed by atoms with E-state index in [1.807, 2.05) is 0 Å². The third-order valence-corrected chi connectivity index (χ3v) is 6.97. The van der Waals surface area contributed by atoms with E-state index in [1.54, 1.807) is 78.9 Å². The minimum atomic E-state index is -1.08. The number of hydroxylamine groups is 1. The minimum absolute atomic E-state index is 0.268. The van der Waals surface area contributed by atoms with Gasteiger partial charge in [0.1, 0.15) is 17.5 Å². The fraction of sp³-hybridized carbons (Fsp3) is 0.100. The summed E-state index contributed by atoms with van der Waals surface area (Å²) in [5.41, 5.74) is 1.95. The summed E-state index contributed by atoms with van der Waals surface area (Å²) in [5.74, 6) is -2.53. The van der Waals surface area contributed by atoms with Gasteiger partial charge < -0.3 is 4.74 Å². The molecule has 0 aliphatic carbocycles.